The van der Waals surface area contributed by atoms with Crippen LogP contribution < -0.4 is 18.4 Å². The molecule has 252 valence electrons. The molecule has 0 atom stereocenters. The average molecular weight is 731 g/mol. The van der Waals surface area contributed by atoms with E-state index in [9.17, 15) is 9.59 Å². The van der Waals surface area contributed by atoms with Gasteiger partial charge < -0.3 is 0 Å². The Hall–Kier alpha value is -3.05. The predicted molar refractivity (Wildman–Crippen MR) is 172 cm³/mol. The molecule has 2 aliphatic carbocycles. The van der Waals surface area contributed by atoms with E-state index in [-0.39, 0.29) is 69.8 Å². The van der Waals surface area contributed by atoms with Crippen LogP contribution in [0.4, 0.5) is 27.2 Å². The number of benzene rings is 2. The molecule has 0 spiro atoms. The van der Waals surface area contributed by atoms with E-state index in [2.05, 4.69) is 10.6 Å². The molecule has 0 heterocycles. The summed E-state index contributed by atoms with van der Waals surface area (Å²) in [6, 6.07) is 5.00. The molecule has 2 aromatic carbocycles. The summed E-state index contributed by atoms with van der Waals surface area (Å²) in [7, 11) is 0. The second kappa shape index (κ2) is 17.9. The van der Waals surface area contributed by atoms with Crippen molar-refractivity contribution in [2.24, 2.45) is 0 Å². The fraction of sp³-hybridized carbons (Fsp3) is 0.353. The average Bonchev–Trinajstić information content (AvgIpc) is 3.80. The minimum absolute atomic E-state index is 0.0436. The van der Waals surface area contributed by atoms with Crippen molar-refractivity contribution in [2.45, 2.75) is 38.5 Å². The molecule has 0 bridgehead atoms. The Morgan fingerprint density at radius 2 is 1.13 bits per heavy atom. The van der Waals surface area contributed by atoms with Gasteiger partial charge in [0.2, 0.25) is 0 Å². The summed E-state index contributed by atoms with van der Waals surface area (Å²) in [5.41, 5.74) is 0.351. The number of rotatable bonds is 16. The van der Waals surface area contributed by atoms with E-state index in [1.807, 2.05) is 12.2 Å². The van der Waals surface area contributed by atoms with Crippen LogP contribution in [0.1, 0.15) is 36.8 Å². The fourth-order valence-electron chi connectivity index (χ4n) is 5.99. The fourth-order valence-corrected chi connectivity index (χ4v) is 14.5. The monoisotopic (exact) mass is 730 g/mol. The van der Waals surface area contributed by atoms with E-state index >= 15 is 17.6 Å². The van der Waals surface area contributed by atoms with Crippen molar-refractivity contribution in [3.8, 4) is 0 Å². The molecular formula is C34H36Cl2F4N2O4Ti. The summed E-state index contributed by atoms with van der Waals surface area (Å²) in [4.78, 5) is 23.5. The normalized spacial score (nSPS) is 13.8. The number of alkyl carbamates (subject to hydrolysis) is 2. The van der Waals surface area contributed by atoms with Crippen LogP contribution in [-0.2, 0) is 38.9 Å². The molecule has 47 heavy (non-hydrogen) atoms. The van der Waals surface area contributed by atoms with Gasteiger partial charge in [-0.25, -0.2) is 0 Å². The Bertz CT molecular complexity index is 1470. The second-order valence-electron chi connectivity index (χ2n) is 10.9. The molecule has 0 radical (unpaired) electrons. The van der Waals surface area contributed by atoms with Gasteiger partial charge in [0.05, 0.1) is 0 Å². The molecule has 0 aliphatic heterocycles. The SMILES string of the molecule is O=C(NCCCc1ccc(F)[c]([Ti]([C]2=CC=CC2)([C]2=CC=CC2)[c]2c(F)ccc(CCCNC(=O)OCCCl)c2F)c1F)OCCCl. The Morgan fingerprint density at radius 3 is 1.49 bits per heavy atom. The summed E-state index contributed by atoms with van der Waals surface area (Å²) < 4.78 is 76.5. The van der Waals surface area contributed by atoms with Crippen molar-refractivity contribution in [3.05, 3.63) is 103 Å². The quantitative estimate of drug-likeness (QED) is 0.0860. The van der Waals surface area contributed by atoms with Crippen LogP contribution in [0.15, 0.2) is 68.5 Å². The summed E-state index contributed by atoms with van der Waals surface area (Å²) in [6.45, 7) is 0.410. The van der Waals surface area contributed by atoms with Crippen molar-refractivity contribution < 1.29 is 53.2 Å². The molecule has 2 N–H and O–H groups in total. The van der Waals surface area contributed by atoms with Crippen LogP contribution in [0.5, 0.6) is 0 Å². The number of nitrogens with one attached hydrogen (secondary N) is 2. The van der Waals surface area contributed by atoms with E-state index in [0.29, 0.717) is 33.4 Å². The van der Waals surface area contributed by atoms with Crippen LogP contribution >= 0.6 is 23.2 Å². The maximum atomic E-state index is 16.8. The molecule has 13 heteroatoms. The molecule has 0 unspecified atom stereocenters. The number of carbonyl (C=O) groups is 2. The topological polar surface area (TPSA) is 76.7 Å². The first-order valence-corrected chi connectivity index (χ1v) is 19.5. The standard InChI is InChI=1S/2C12H13ClF2NO2.2C5H5.Ti/c2*13-5-7-18-12(17)16-6-1-2-9-3-4-10(14)8-11(9)15;2*1-2-4-5-3-1;/h2*3-4H,1-2,5-7H2,(H,16,17);2*1-3H,4H2;. The molecule has 6 nitrogen and oxygen atoms in total. The Morgan fingerprint density at radius 1 is 0.702 bits per heavy atom. The number of alkyl halides is 2. The van der Waals surface area contributed by atoms with Gasteiger partial charge in [-0.3, -0.25) is 0 Å². The van der Waals surface area contributed by atoms with Gasteiger partial charge in [0.1, 0.15) is 0 Å². The second-order valence-corrected chi connectivity index (χ2v) is 17.6. The Labute approximate surface area is 285 Å². The van der Waals surface area contributed by atoms with Crippen LogP contribution in [0.3, 0.4) is 0 Å². The van der Waals surface area contributed by atoms with Gasteiger partial charge >= 0.3 is 286 Å². The summed E-state index contributed by atoms with van der Waals surface area (Å²) in [6.07, 6.45) is 10.8. The van der Waals surface area contributed by atoms with Gasteiger partial charge in [0.15, 0.2) is 0 Å². The number of hydrogen-bond donors (Lipinski definition) is 2. The van der Waals surface area contributed by atoms with Gasteiger partial charge in [-0.05, 0) is 0 Å². The number of ether oxygens (including phenoxy) is 2. The van der Waals surface area contributed by atoms with E-state index < -0.39 is 52.0 Å². The molecular weight excluding hydrogens is 695 g/mol. The van der Waals surface area contributed by atoms with Crippen molar-refractivity contribution >= 4 is 43.1 Å². The number of amides is 2. The van der Waals surface area contributed by atoms with Gasteiger partial charge in [0, 0.05) is 0 Å². The van der Waals surface area contributed by atoms with Crippen molar-refractivity contribution in [1.82, 2.24) is 10.6 Å². The van der Waals surface area contributed by atoms with Crippen LogP contribution in [0.2, 0.25) is 0 Å². The zero-order chi connectivity index (χ0) is 33.8. The first kappa shape index (κ1) is 36.8. The summed E-state index contributed by atoms with van der Waals surface area (Å²) in [5, 5.41) is 5.12. The van der Waals surface area contributed by atoms with Gasteiger partial charge in [-0.1, -0.05) is 0 Å². The van der Waals surface area contributed by atoms with Crippen molar-refractivity contribution in [3.63, 3.8) is 0 Å². The van der Waals surface area contributed by atoms with Crippen LogP contribution in [0.25, 0.3) is 0 Å². The van der Waals surface area contributed by atoms with Crippen molar-refractivity contribution in [1.29, 1.82) is 0 Å². The van der Waals surface area contributed by atoms with Crippen molar-refractivity contribution in [2.75, 3.05) is 38.1 Å². The number of carbonyl (C=O) groups excluding carboxylic acids is 2. The minimum atomic E-state index is -4.97. The van der Waals surface area contributed by atoms with E-state index in [0.717, 1.165) is 12.1 Å². The first-order valence-electron chi connectivity index (χ1n) is 15.4. The van der Waals surface area contributed by atoms with E-state index in [4.69, 9.17) is 32.7 Å². The van der Waals surface area contributed by atoms with Gasteiger partial charge in [0.25, 0.3) is 0 Å². The number of aryl methyl sites for hydroxylation is 2. The van der Waals surface area contributed by atoms with Gasteiger partial charge in [-0.2, -0.15) is 0 Å². The number of hydrogen-bond acceptors (Lipinski definition) is 4. The molecule has 0 saturated heterocycles. The number of allylic oxidation sites excluding steroid dienone is 8. The third-order valence-electron chi connectivity index (χ3n) is 8.00. The maximum absolute atomic E-state index is 16.8. The predicted octanol–water partition coefficient (Wildman–Crippen LogP) is 6.83. The van der Waals surface area contributed by atoms with Gasteiger partial charge in [-0.15, -0.1) is 0 Å². The molecule has 2 aliphatic rings. The summed E-state index contributed by atoms with van der Waals surface area (Å²) in [5.74, 6) is -3.10. The molecule has 4 rings (SSSR count). The van der Waals surface area contributed by atoms with E-state index in [1.54, 1.807) is 24.3 Å². The zero-order valence-corrected chi connectivity index (χ0v) is 28.7. The van der Waals surface area contributed by atoms with Crippen LogP contribution in [0, 0.1) is 23.3 Å². The summed E-state index contributed by atoms with van der Waals surface area (Å²) >= 11 is 6.09. The molecule has 0 fully saturated rings. The zero-order valence-electron chi connectivity index (χ0n) is 25.7. The Kier molecular flexibility index (Phi) is 14.0. The van der Waals surface area contributed by atoms with Crippen LogP contribution in [-0.4, -0.2) is 50.2 Å². The molecule has 2 amide bonds. The molecule has 2 aromatic rings. The Balaban J connectivity index is 1.75. The molecule has 0 aromatic heterocycles. The molecule has 0 saturated carbocycles. The third kappa shape index (κ3) is 8.71. The van der Waals surface area contributed by atoms with E-state index in [1.165, 1.54) is 12.1 Å². The number of halogens is 6. The first-order chi connectivity index (χ1) is 22.7. The third-order valence-corrected chi connectivity index (χ3v) is 16.3.